The predicted molar refractivity (Wildman–Crippen MR) is 159 cm³/mol. The Hall–Kier alpha value is -4.94. The zero-order valence-corrected chi connectivity index (χ0v) is 23.3. The van der Waals surface area contributed by atoms with Crippen molar-refractivity contribution in [2.24, 2.45) is 0 Å². The number of piperazine rings is 1. The molecule has 0 saturated carbocycles. The summed E-state index contributed by atoms with van der Waals surface area (Å²) in [5, 5.41) is 17.4. The standard InChI is InChI=1S/C30H30N6O6/c1-33-11-13-35(14-12-33)17-27(37)34(2)21-6-4-20(5-7-21)31-29(19-3-10-25-26(15-19)42-18-41-25)28-23-9-8-22(36(39)40)16-24(23)32-30(28)38/h3-10,15-16,31H,11-14,17-18H2,1-2H3,(H,32,38)/b29-28-. The lowest BCUT2D eigenvalue weighted by Crippen LogP contribution is -2.48. The number of rotatable bonds is 7. The third-order valence-electron chi connectivity index (χ3n) is 7.72. The second-order valence-corrected chi connectivity index (χ2v) is 10.5. The fourth-order valence-corrected chi connectivity index (χ4v) is 5.21. The number of hydrogen-bond acceptors (Lipinski definition) is 9. The minimum Gasteiger partial charge on any atom is -0.454 e. The van der Waals surface area contributed by atoms with Crippen LogP contribution in [0, 0.1) is 10.1 Å². The number of nitro benzene ring substituents is 1. The molecule has 216 valence electrons. The van der Waals surface area contributed by atoms with Crippen molar-refractivity contribution in [3.63, 3.8) is 0 Å². The summed E-state index contributed by atoms with van der Waals surface area (Å²) in [6, 6.07) is 17.0. The second-order valence-electron chi connectivity index (χ2n) is 10.5. The lowest BCUT2D eigenvalue weighted by Gasteiger charge is -2.32. The van der Waals surface area contributed by atoms with Gasteiger partial charge in [0.2, 0.25) is 12.7 Å². The highest BCUT2D eigenvalue weighted by Crippen LogP contribution is 2.41. The number of fused-ring (bicyclic) bond motifs is 2. The van der Waals surface area contributed by atoms with Gasteiger partial charge in [0, 0.05) is 67.9 Å². The first-order valence-corrected chi connectivity index (χ1v) is 13.6. The van der Waals surface area contributed by atoms with E-state index >= 15 is 0 Å². The van der Waals surface area contributed by atoms with E-state index in [2.05, 4.69) is 27.5 Å². The Morgan fingerprint density at radius 2 is 1.76 bits per heavy atom. The van der Waals surface area contributed by atoms with E-state index < -0.39 is 10.8 Å². The number of carbonyl (C=O) groups excluding carboxylic acids is 2. The largest absolute Gasteiger partial charge is 0.454 e. The summed E-state index contributed by atoms with van der Waals surface area (Å²) in [5.74, 6) is 0.766. The van der Waals surface area contributed by atoms with Crippen molar-refractivity contribution in [3.8, 4) is 11.5 Å². The van der Waals surface area contributed by atoms with Gasteiger partial charge in [0.1, 0.15) is 0 Å². The number of anilines is 3. The van der Waals surface area contributed by atoms with Crippen LogP contribution >= 0.6 is 0 Å². The Morgan fingerprint density at radius 1 is 1.02 bits per heavy atom. The summed E-state index contributed by atoms with van der Waals surface area (Å²) < 4.78 is 11.0. The van der Waals surface area contributed by atoms with Crippen LogP contribution in [-0.4, -0.2) is 80.1 Å². The molecule has 12 heteroatoms. The van der Waals surface area contributed by atoms with E-state index in [4.69, 9.17) is 9.47 Å². The quantitative estimate of drug-likeness (QED) is 0.249. The number of nitro groups is 1. The molecule has 0 spiro atoms. The van der Waals surface area contributed by atoms with Crippen molar-refractivity contribution < 1.29 is 24.0 Å². The molecule has 0 bridgehead atoms. The van der Waals surface area contributed by atoms with Crippen LogP contribution in [0.1, 0.15) is 11.1 Å². The minimum absolute atomic E-state index is 0.0109. The van der Waals surface area contributed by atoms with Crippen molar-refractivity contribution in [3.05, 3.63) is 81.9 Å². The SMILES string of the molecule is CN1CCN(CC(=O)N(C)c2ccc(N/C(=C3\C(=O)Nc4cc([N+](=O)[O-])ccc43)c3ccc4c(c3)OCO4)cc2)CC1. The van der Waals surface area contributed by atoms with Crippen molar-refractivity contribution >= 4 is 45.8 Å². The monoisotopic (exact) mass is 570 g/mol. The highest BCUT2D eigenvalue weighted by Gasteiger charge is 2.31. The van der Waals surface area contributed by atoms with Gasteiger partial charge in [-0.25, -0.2) is 0 Å². The normalized spacial score (nSPS) is 17.4. The lowest BCUT2D eigenvalue weighted by molar-refractivity contribution is -0.384. The number of amides is 2. The highest BCUT2D eigenvalue weighted by molar-refractivity contribution is 6.37. The maximum Gasteiger partial charge on any atom is 0.271 e. The first kappa shape index (κ1) is 27.2. The molecule has 2 amide bonds. The van der Waals surface area contributed by atoms with Crippen LogP contribution in [0.25, 0.3) is 11.3 Å². The molecular formula is C30H30N6O6. The Labute approximate surface area is 242 Å². The summed E-state index contributed by atoms with van der Waals surface area (Å²) in [6.07, 6.45) is 0. The topological polar surface area (TPSA) is 130 Å². The molecule has 3 heterocycles. The lowest BCUT2D eigenvalue weighted by atomic mass is 9.99. The van der Waals surface area contributed by atoms with Crippen LogP contribution in [0.2, 0.25) is 0 Å². The van der Waals surface area contributed by atoms with Crippen molar-refractivity contribution in [1.82, 2.24) is 9.80 Å². The van der Waals surface area contributed by atoms with E-state index in [-0.39, 0.29) is 18.4 Å². The molecule has 0 aromatic heterocycles. The Kier molecular flexibility index (Phi) is 7.23. The number of nitrogens with one attached hydrogen (secondary N) is 2. The van der Waals surface area contributed by atoms with Gasteiger partial charge in [-0.15, -0.1) is 0 Å². The van der Waals surface area contributed by atoms with Crippen LogP contribution in [-0.2, 0) is 9.59 Å². The van der Waals surface area contributed by atoms with Gasteiger partial charge in [-0.3, -0.25) is 24.6 Å². The van der Waals surface area contributed by atoms with E-state index in [1.807, 2.05) is 30.3 Å². The summed E-state index contributed by atoms with van der Waals surface area (Å²) in [4.78, 5) is 43.1. The molecule has 12 nitrogen and oxygen atoms in total. The number of hydrogen-bond donors (Lipinski definition) is 2. The Balaban J connectivity index is 1.29. The fourth-order valence-electron chi connectivity index (χ4n) is 5.21. The first-order valence-electron chi connectivity index (χ1n) is 13.6. The first-order chi connectivity index (χ1) is 20.3. The van der Waals surface area contributed by atoms with E-state index in [0.717, 1.165) is 31.9 Å². The van der Waals surface area contributed by atoms with Gasteiger partial charge in [0.25, 0.3) is 11.6 Å². The molecule has 3 aliphatic heterocycles. The number of nitrogens with zero attached hydrogens (tertiary/aromatic N) is 4. The maximum absolute atomic E-state index is 13.3. The average Bonchev–Trinajstić information content (AvgIpc) is 3.59. The van der Waals surface area contributed by atoms with Crippen molar-refractivity contribution in [2.75, 3.05) is 69.1 Å². The predicted octanol–water partition coefficient (Wildman–Crippen LogP) is 3.47. The van der Waals surface area contributed by atoms with E-state index in [9.17, 15) is 19.7 Å². The molecule has 2 N–H and O–H groups in total. The molecule has 0 unspecified atom stereocenters. The van der Waals surface area contributed by atoms with Crippen LogP contribution in [0.4, 0.5) is 22.7 Å². The number of likely N-dealkylation sites (N-methyl/N-ethyl adjacent to an activating group) is 2. The van der Waals surface area contributed by atoms with Crippen LogP contribution in [0.3, 0.4) is 0 Å². The van der Waals surface area contributed by atoms with Gasteiger partial charge in [0.15, 0.2) is 11.5 Å². The van der Waals surface area contributed by atoms with E-state index in [1.165, 1.54) is 12.1 Å². The zero-order valence-electron chi connectivity index (χ0n) is 23.3. The summed E-state index contributed by atoms with van der Waals surface area (Å²) in [7, 11) is 3.85. The third-order valence-corrected chi connectivity index (χ3v) is 7.72. The van der Waals surface area contributed by atoms with Gasteiger partial charge >= 0.3 is 0 Å². The van der Waals surface area contributed by atoms with Crippen LogP contribution < -0.4 is 25.0 Å². The number of carbonyl (C=O) groups is 2. The second kappa shape index (κ2) is 11.1. The van der Waals surface area contributed by atoms with E-state index in [0.29, 0.717) is 51.8 Å². The Morgan fingerprint density at radius 3 is 2.50 bits per heavy atom. The average molecular weight is 571 g/mol. The molecule has 3 aromatic carbocycles. The van der Waals surface area contributed by atoms with Crippen molar-refractivity contribution in [1.29, 1.82) is 0 Å². The van der Waals surface area contributed by atoms with E-state index in [1.54, 1.807) is 30.1 Å². The van der Waals surface area contributed by atoms with Gasteiger partial charge in [-0.2, -0.15) is 0 Å². The Bertz CT molecular complexity index is 1600. The number of benzene rings is 3. The van der Waals surface area contributed by atoms with Crippen LogP contribution in [0.15, 0.2) is 60.7 Å². The minimum atomic E-state index is -0.500. The smallest absolute Gasteiger partial charge is 0.271 e. The molecule has 0 atom stereocenters. The van der Waals surface area contributed by atoms with Crippen molar-refractivity contribution in [2.45, 2.75) is 0 Å². The van der Waals surface area contributed by atoms with Crippen LogP contribution in [0.5, 0.6) is 11.5 Å². The molecule has 42 heavy (non-hydrogen) atoms. The van der Waals surface area contributed by atoms with Gasteiger partial charge in [0.05, 0.1) is 28.4 Å². The summed E-state index contributed by atoms with van der Waals surface area (Å²) >= 11 is 0. The zero-order chi connectivity index (χ0) is 29.4. The third kappa shape index (κ3) is 5.37. The summed E-state index contributed by atoms with van der Waals surface area (Å²) in [5.41, 5.74) is 3.70. The van der Waals surface area contributed by atoms with Gasteiger partial charge in [-0.1, -0.05) is 0 Å². The number of ether oxygens (including phenoxy) is 2. The molecule has 6 rings (SSSR count). The number of non-ortho nitro benzene ring substituents is 1. The molecule has 3 aliphatic rings. The summed E-state index contributed by atoms with van der Waals surface area (Å²) in [6.45, 7) is 4.07. The van der Waals surface area contributed by atoms with Gasteiger partial charge < -0.3 is 29.9 Å². The molecule has 3 aromatic rings. The molecule has 0 aliphatic carbocycles. The fraction of sp³-hybridized carbons (Fsp3) is 0.267. The molecule has 1 fully saturated rings. The maximum atomic E-state index is 13.3. The molecule has 1 saturated heterocycles. The highest BCUT2D eigenvalue weighted by atomic mass is 16.7. The molecular weight excluding hydrogens is 540 g/mol. The molecule has 0 radical (unpaired) electrons. The van der Waals surface area contributed by atoms with Gasteiger partial charge in [-0.05, 0) is 55.6 Å².